The van der Waals surface area contributed by atoms with E-state index in [9.17, 15) is 14.0 Å². The van der Waals surface area contributed by atoms with E-state index in [0.29, 0.717) is 11.5 Å². The molecule has 2 aliphatic rings. The minimum atomic E-state index is -1.09. The molecule has 1 fully saturated rings. The molecule has 0 saturated carbocycles. The van der Waals surface area contributed by atoms with E-state index in [1.54, 1.807) is 19.1 Å². The summed E-state index contributed by atoms with van der Waals surface area (Å²) < 4.78 is 18.4. The summed E-state index contributed by atoms with van der Waals surface area (Å²) in [4.78, 5) is 33.8. The molecule has 8 heteroatoms. The Morgan fingerprint density at radius 3 is 2.54 bits per heavy atom. The van der Waals surface area contributed by atoms with E-state index in [4.69, 9.17) is 4.74 Å². The topological polar surface area (TPSA) is 74.2 Å². The van der Waals surface area contributed by atoms with Crippen LogP contribution in [-0.4, -0.2) is 67.5 Å². The van der Waals surface area contributed by atoms with Crippen LogP contribution >= 0.6 is 0 Å². The van der Waals surface area contributed by atoms with Crippen LogP contribution in [0.25, 0.3) is 0 Å². The van der Waals surface area contributed by atoms with Gasteiger partial charge in [-0.05, 0) is 31.7 Å². The molecule has 0 aliphatic carbocycles. The van der Waals surface area contributed by atoms with Gasteiger partial charge in [-0.25, -0.2) is 9.38 Å². The standard InChI is InChI=1S/C18H23FN4O3/c1-3-26-17(25)14-15(12-4-6-13(19)7-5-12)20-18(21-16(14)24)23-10-8-22(2)9-11-23/h4-7,14-15H,3,8-11H2,1-2H3,(H,20,21,24). The maximum atomic E-state index is 13.3. The Balaban J connectivity index is 1.93. The van der Waals surface area contributed by atoms with E-state index in [1.165, 1.54) is 12.1 Å². The largest absolute Gasteiger partial charge is 0.465 e. The lowest BCUT2D eigenvalue weighted by atomic mass is 9.91. The zero-order valence-corrected chi connectivity index (χ0v) is 14.9. The zero-order valence-electron chi connectivity index (χ0n) is 14.9. The highest BCUT2D eigenvalue weighted by Crippen LogP contribution is 2.31. The lowest BCUT2D eigenvalue weighted by Crippen LogP contribution is -2.56. The predicted molar refractivity (Wildman–Crippen MR) is 93.9 cm³/mol. The number of likely N-dealkylation sites (N-methyl/N-ethyl adjacent to an activating group) is 1. The quantitative estimate of drug-likeness (QED) is 0.635. The van der Waals surface area contributed by atoms with Crippen LogP contribution in [0.4, 0.5) is 4.39 Å². The SMILES string of the molecule is CCOC(=O)C1C(=O)NC(N2CCN(C)CC2)=NC1c1ccc(F)cc1. The number of hydrogen-bond acceptors (Lipinski definition) is 6. The molecule has 1 aromatic carbocycles. The summed E-state index contributed by atoms with van der Waals surface area (Å²) in [5, 5.41) is 2.75. The first-order valence-electron chi connectivity index (χ1n) is 8.74. The lowest BCUT2D eigenvalue weighted by molar-refractivity contribution is -0.153. The smallest absolute Gasteiger partial charge is 0.321 e. The normalized spacial score (nSPS) is 24.0. The molecule has 0 spiro atoms. The fourth-order valence-corrected chi connectivity index (χ4v) is 3.14. The number of piperazine rings is 1. The van der Waals surface area contributed by atoms with Gasteiger partial charge < -0.3 is 14.5 Å². The van der Waals surface area contributed by atoms with Gasteiger partial charge in [0.1, 0.15) is 11.9 Å². The molecule has 26 heavy (non-hydrogen) atoms. The molecule has 2 atom stereocenters. The highest BCUT2D eigenvalue weighted by molar-refractivity contribution is 6.08. The van der Waals surface area contributed by atoms with Crippen LogP contribution in [0.3, 0.4) is 0 Å². The molecule has 1 N–H and O–H groups in total. The van der Waals surface area contributed by atoms with Gasteiger partial charge in [-0.2, -0.15) is 0 Å². The van der Waals surface area contributed by atoms with Crippen molar-refractivity contribution in [3.63, 3.8) is 0 Å². The van der Waals surface area contributed by atoms with Gasteiger partial charge in [0.25, 0.3) is 0 Å². The van der Waals surface area contributed by atoms with Crippen molar-refractivity contribution >= 4 is 17.8 Å². The third-order valence-electron chi connectivity index (χ3n) is 4.65. The molecule has 7 nitrogen and oxygen atoms in total. The zero-order chi connectivity index (χ0) is 18.7. The minimum absolute atomic E-state index is 0.174. The Bertz CT molecular complexity index is 699. The average molecular weight is 362 g/mol. The van der Waals surface area contributed by atoms with Gasteiger partial charge in [0, 0.05) is 26.2 Å². The number of ether oxygens (including phenoxy) is 1. The van der Waals surface area contributed by atoms with Gasteiger partial charge >= 0.3 is 5.97 Å². The maximum absolute atomic E-state index is 13.3. The van der Waals surface area contributed by atoms with Crippen LogP contribution in [-0.2, 0) is 14.3 Å². The average Bonchev–Trinajstić information content (AvgIpc) is 2.62. The van der Waals surface area contributed by atoms with Crippen LogP contribution in [0.2, 0.25) is 0 Å². The van der Waals surface area contributed by atoms with Gasteiger partial charge in [-0.15, -0.1) is 0 Å². The monoisotopic (exact) mass is 362 g/mol. The van der Waals surface area contributed by atoms with Crippen molar-refractivity contribution in [3.8, 4) is 0 Å². The first kappa shape index (κ1) is 18.3. The van der Waals surface area contributed by atoms with E-state index < -0.39 is 23.8 Å². The third kappa shape index (κ3) is 3.85. The van der Waals surface area contributed by atoms with Crippen molar-refractivity contribution in [2.75, 3.05) is 39.8 Å². The van der Waals surface area contributed by atoms with E-state index in [1.807, 2.05) is 11.9 Å². The molecule has 1 amide bonds. The summed E-state index contributed by atoms with van der Waals surface area (Å²) in [6, 6.07) is 4.97. The summed E-state index contributed by atoms with van der Waals surface area (Å²) >= 11 is 0. The predicted octanol–water partition coefficient (Wildman–Crippen LogP) is 0.779. The molecule has 2 unspecified atom stereocenters. The molecule has 140 valence electrons. The molecule has 2 aliphatic heterocycles. The van der Waals surface area contributed by atoms with Crippen LogP contribution in [0.5, 0.6) is 0 Å². The van der Waals surface area contributed by atoms with Gasteiger partial charge in [0.05, 0.1) is 6.61 Å². The Kier molecular flexibility index (Phi) is 5.51. The highest BCUT2D eigenvalue weighted by Gasteiger charge is 2.42. The molecular formula is C18H23FN4O3. The van der Waals surface area contributed by atoms with Crippen LogP contribution in [0, 0.1) is 11.7 Å². The van der Waals surface area contributed by atoms with Crippen LogP contribution < -0.4 is 5.32 Å². The van der Waals surface area contributed by atoms with Crippen molar-refractivity contribution in [2.24, 2.45) is 10.9 Å². The number of nitrogens with zero attached hydrogens (tertiary/aromatic N) is 3. The number of hydrogen-bond donors (Lipinski definition) is 1. The molecule has 0 aromatic heterocycles. The van der Waals surface area contributed by atoms with Crippen molar-refractivity contribution in [2.45, 2.75) is 13.0 Å². The van der Waals surface area contributed by atoms with Crippen molar-refractivity contribution in [3.05, 3.63) is 35.6 Å². The Morgan fingerprint density at radius 2 is 1.92 bits per heavy atom. The number of benzene rings is 1. The molecular weight excluding hydrogens is 339 g/mol. The van der Waals surface area contributed by atoms with Crippen molar-refractivity contribution in [1.82, 2.24) is 15.1 Å². The van der Waals surface area contributed by atoms with Gasteiger partial charge in [0.15, 0.2) is 5.92 Å². The fraction of sp³-hybridized carbons (Fsp3) is 0.500. The number of esters is 1. The number of halogens is 1. The van der Waals surface area contributed by atoms with Gasteiger partial charge in [-0.3, -0.25) is 14.9 Å². The molecule has 1 aromatic rings. The number of aliphatic imine (C=N–C) groups is 1. The summed E-state index contributed by atoms with van der Waals surface area (Å²) in [7, 11) is 2.04. The first-order chi connectivity index (χ1) is 12.5. The lowest BCUT2D eigenvalue weighted by Gasteiger charge is -2.37. The second-order valence-corrected chi connectivity index (χ2v) is 6.46. The number of amides is 1. The third-order valence-corrected chi connectivity index (χ3v) is 4.65. The van der Waals surface area contributed by atoms with Crippen LogP contribution in [0.1, 0.15) is 18.5 Å². The first-order valence-corrected chi connectivity index (χ1v) is 8.74. The molecule has 1 saturated heterocycles. The number of carbonyl (C=O) groups excluding carboxylic acids is 2. The molecule has 3 rings (SSSR count). The van der Waals surface area contributed by atoms with Crippen molar-refractivity contribution < 1.29 is 18.7 Å². The molecule has 0 radical (unpaired) electrons. The van der Waals surface area contributed by atoms with Crippen molar-refractivity contribution in [1.29, 1.82) is 0 Å². The Labute approximate surface area is 151 Å². The molecule has 0 bridgehead atoms. The Morgan fingerprint density at radius 1 is 1.27 bits per heavy atom. The molecule has 2 heterocycles. The van der Waals surface area contributed by atoms with Crippen LogP contribution in [0.15, 0.2) is 29.3 Å². The van der Waals surface area contributed by atoms with E-state index in [0.717, 1.165) is 26.2 Å². The van der Waals surface area contributed by atoms with E-state index >= 15 is 0 Å². The minimum Gasteiger partial charge on any atom is -0.465 e. The number of nitrogens with one attached hydrogen (secondary N) is 1. The second kappa shape index (κ2) is 7.82. The van der Waals surface area contributed by atoms with E-state index in [-0.39, 0.29) is 12.4 Å². The number of carbonyl (C=O) groups is 2. The van der Waals surface area contributed by atoms with Gasteiger partial charge in [-0.1, -0.05) is 12.1 Å². The second-order valence-electron chi connectivity index (χ2n) is 6.46. The summed E-state index contributed by atoms with van der Waals surface area (Å²) in [6.07, 6.45) is 0. The summed E-state index contributed by atoms with van der Waals surface area (Å²) in [6.45, 7) is 5.04. The number of rotatable bonds is 3. The maximum Gasteiger partial charge on any atom is 0.321 e. The number of guanidine groups is 1. The van der Waals surface area contributed by atoms with E-state index in [2.05, 4.69) is 15.2 Å². The Hall–Kier alpha value is -2.48. The highest BCUT2D eigenvalue weighted by atomic mass is 19.1. The fourth-order valence-electron chi connectivity index (χ4n) is 3.14. The summed E-state index contributed by atoms with van der Waals surface area (Å²) in [5.41, 5.74) is 0.603. The summed E-state index contributed by atoms with van der Waals surface area (Å²) in [5.74, 6) is -2.08. The van der Waals surface area contributed by atoms with Gasteiger partial charge in [0.2, 0.25) is 11.9 Å².